The number of pyridine rings is 1. The minimum Gasteiger partial charge on any atom is -0.370 e. The number of hydrogen-bond acceptors (Lipinski definition) is 6. The highest BCUT2D eigenvalue weighted by Gasteiger charge is 2.09. The minimum absolute atomic E-state index is 0.743. The lowest BCUT2D eigenvalue weighted by Gasteiger charge is -2.06. The largest absolute Gasteiger partial charge is 0.370 e. The average molecular weight is 300 g/mol. The van der Waals surface area contributed by atoms with E-state index in [1.54, 1.807) is 0 Å². The molecule has 0 spiro atoms. The molecule has 108 valence electrons. The minimum atomic E-state index is 0.743. The van der Waals surface area contributed by atoms with E-state index < -0.39 is 0 Å². The van der Waals surface area contributed by atoms with Crippen LogP contribution in [0.5, 0.6) is 0 Å². The summed E-state index contributed by atoms with van der Waals surface area (Å²) in [5, 5.41) is 13.3. The second kappa shape index (κ2) is 6.09. The number of aryl methyl sites for hydroxylation is 1. The molecular formula is C14H16N6S. The Hall–Kier alpha value is -2.15. The highest BCUT2D eigenvalue weighted by atomic mass is 32.2. The summed E-state index contributed by atoms with van der Waals surface area (Å²) in [5.41, 5.74) is 0.829. The molecule has 3 aromatic rings. The molecule has 0 unspecified atom stereocenters. The van der Waals surface area contributed by atoms with Crippen molar-refractivity contribution in [1.82, 2.24) is 24.6 Å². The number of fused-ring (bicyclic) bond motifs is 1. The van der Waals surface area contributed by atoms with E-state index in [-0.39, 0.29) is 0 Å². The first-order chi connectivity index (χ1) is 10.3. The Morgan fingerprint density at radius 2 is 2.14 bits per heavy atom. The molecule has 0 saturated carbocycles. The first-order valence-corrected chi connectivity index (χ1v) is 7.65. The predicted octanol–water partition coefficient (Wildman–Crippen LogP) is 2.80. The van der Waals surface area contributed by atoms with E-state index in [0.717, 1.165) is 40.4 Å². The van der Waals surface area contributed by atoms with Crippen molar-refractivity contribution >= 4 is 23.2 Å². The first-order valence-electron chi connectivity index (χ1n) is 6.83. The molecule has 6 nitrogen and oxygen atoms in total. The van der Waals surface area contributed by atoms with Gasteiger partial charge in [0.2, 0.25) is 5.16 Å². The van der Waals surface area contributed by atoms with Gasteiger partial charge >= 0.3 is 0 Å². The van der Waals surface area contributed by atoms with Crippen LogP contribution in [-0.4, -0.2) is 31.1 Å². The Balaban J connectivity index is 1.88. The molecule has 1 N–H and O–H groups in total. The second-order valence-electron chi connectivity index (χ2n) is 4.58. The third kappa shape index (κ3) is 3.13. The Labute approximate surface area is 127 Å². The van der Waals surface area contributed by atoms with E-state index >= 15 is 0 Å². The van der Waals surface area contributed by atoms with Gasteiger partial charge < -0.3 is 5.32 Å². The van der Waals surface area contributed by atoms with E-state index in [1.807, 2.05) is 41.8 Å². The Bertz CT molecular complexity index is 754. The van der Waals surface area contributed by atoms with Crippen molar-refractivity contribution in [2.75, 3.05) is 11.9 Å². The lowest BCUT2D eigenvalue weighted by molar-refractivity contribution is 0.902. The fraction of sp³-hybridized carbons (Fsp3) is 0.286. The van der Waals surface area contributed by atoms with Crippen LogP contribution in [0.3, 0.4) is 0 Å². The van der Waals surface area contributed by atoms with Gasteiger partial charge in [-0.1, -0.05) is 13.0 Å². The summed E-state index contributed by atoms with van der Waals surface area (Å²) in [4.78, 5) is 8.84. The summed E-state index contributed by atoms with van der Waals surface area (Å²) < 4.78 is 1.95. The molecule has 0 saturated heterocycles. The summed E-state index contributed by atoms with van der Waals surface area (Å²) in [5.74, 6) is 1.59. The van der Waals surface area contributed by atoms with Gasteiger partial charge in [-0.05, 0) is 37.2 Å². The van der Waals surface area contributed by atoms with E-state index in [4.69, 9.17) is 0 Å². The Kier molecular flexibility index (Phi) is 4.01. The number of nitrogens with one attached hydrogen (secondary N) is 1. The molecule has 0 aliphatic carbocycles. The number of nitrogens with zero attached hydrogens (tertiary/aromatic N) is 5. The SMILES string of the molecule is CCCNc1cc(Sc2nnc3ccccn23)nc(C)n1. The van der Waals surface area contributed by atoms with Crippen molar-refractivity contribution in [2.45, 2.75) is 30.5 Å². The summed E-state index contributed by atoms with van der Waals surface area (Å²) in [7, 11) is 0. The molecule has 0 aliphatic rings. The Morgan fingerprint density at radius 1 is 1.24 bits per heavy atom. The van der Waals surface area contributed by atoms with Crippen LogP contribution in [0.1, 0.15) is 19.2 Å². The molecule has 3 heterocycles. The van der Waals surface area contributed by atoms with E-state index in [2.05, 4.69) is 32.4 Å². The smallest absolute Gasteiger partial charge is 0.201 e. The van der Waals surface area contributed by atoms with Crippen LogP contribution in [0.2, 0.25) is 0 Å². The zero-order chi connectivity index (χ0) is 14.7. The maximum atomic E-state index is 4.45. The number of aromatic nitrogens is 5. The lowest BCUT2D eigenvalue weighted by atomic mass is 10.4. The van der Waals surface area contributed by atoms with Crippen molar-refractivity contribution < 1.29 is 0 Å². The van der Waals surface area contributed by atoms with Crippen molar-refractivity contribution in [2.24, 2.45) is 0 Å². The zero-order valence-corrected chi connectivity index (χ0v) is 12.8. The van der Waals surface area contributed by atoms with Gasteiger partial charge in [-0.2, -0.15) is 0 Å². The van der Waals surface area contributed by atoms with Crippen molar-refractivity contribution in [3.05, 3.63) is 36.3 Å². The maximum absolute atomic E-state index is 4.45. The Morgan fingerprint density at radius 3 is 3.00 bits per heavy atom. The molecule has 3 rings (SSSR count). The molecule has 0 aromatic carbocycles. The normalized spacial score (nSPS) is 11.0. The molecule has 0 amide bonds. The van der Waals surface area contributed by atoms with Gasteiger partial charge in [0.15, 0.2) is 5.65 Å². The van der Waals surface area contributed by atoms with Crippen molar-refractivity contribution in [3.63, 3.8) is 0 Å². The van der Waals surface area contributed by atoms with Gasteiger partial charge in [0.1, 0.15) is 16.7 Å². The van der Waals surface area contributed by atoms with Crippen LogP contribution < -0.4 is 5.32 Å². The van der Waals surface area contributed by atoms with Crippen LogP contribution in [0.4, 0.5) is 5.82 Å². The van der Waals surface area contributed by atoms with Crippen LogP contribution in [0.25, 0.3) is 5.65 Å². The van der Waals surface area contributed by atoms with Crippen LogP contribution in [-0.2, 0) is 0 Å². The molecule has 0 bridgehead atoms. The van der Waals surface area contributed by atoms with Crippen LogP contribution >= 0.6 is 11.8 Å². The first kappa shape index (κ1) is 13.8. The molecular weight excluding hydrogens is 284 g/mol. The third-order valence-electron chi connectivity index (χ3n) is 2.85. The quantitative estimate of drug-likeness (QED) is 0.731. The lowest BCUT2D eigenvalue weighted by Crippen LogP contribution is -2.04. The fourth-order valence-electron chi connectivity index (χ4n) is 1.92. The maximum Gasteiger partial charge on any atom is 0.201 e. The molecule has 0 atom stereocenters. The summed E-state index contributed by atoms with van der Waals surface area (Å²) in [6.07, 6.45) is 3.00. The van der Waals surface area contributed by atoms with Gasteiger partial charge in [-0.25, -0.2) is 9.97 Å². The highest BCUT2D eigenvalue weighted by Crippen LogP contribution is 2.26. The monoisotopic (exact) mass is 300 g/mol. The van der Waals surface area contributed by atoms with Gasteiger partial charge in [-0.15, -0.1) is 10.2 Å². The van der Waals surface area contributed by atoms with Crippen LogP contribution in [0, 0.1) is 6.92 Å². The molecule has 0 fully saturated rings. The average Bonchev–Trinajstić information content (AvgIpc) is 2.88. The predicted molar refractivity (Wildman–Crippen MR) is 82.7 cm³/mol. The second-order valence-corrected chi connectivity index (χ2v) is 5.57. The van der Waals surface area contributed by atoms with E-state index in [0.29, 0.717) is 0 Å². The molecule has 7 heteroatoms. The standard InChI is InChI=1S/C14H16N6S/c1-3-7-15-11-9-13(17-10(2)16-11)21-14-19-18-12-6-4-5-8-20(12)14/h4-6,8-9H,3,7H2,1-2H3,(H,15,16,17). The summed E-state index contributed by atoms with van der Waals surface area (Å²) >= 11 is 1.48. The van der Waals surface area contributed by atoms with Crippen molar-refractivity contribution in [1.29, 1.82) is 0 Å². The number of hydrogen-bond donors (Lipinski definition) is 1. The molecule has 21 heavy (non-hydrogen) atoms. The fourth-order valence-corrected chi connectivity index (χ4v) is 2.79. The number of anilines is 1. The molecule has 0 aliphatic heterocycles. The topological polar surface area (TPSA) is 68.0 Å². The van der Waals surface area contributed by atoms with Gasteiger partial charge in [0.25, 0.3) is 0 Å². The molecule has 3 aromatic heterocycles. The van der Waals surface area contributed by atoms with Crippen LogP contribution in [0.15, 0.2) is 40.6 Å². The summed E-state index contributed by atoms with van der Waals surface area (Å²) in [6, 6.07) is 7.77. The van der Waals surface area contributed by atoms with Gasteiger partial charge in [0, 0.05) is 18.8 Å². The van der Waals surface area contributed by atoms with E-state index in [1.165, 1.54) is 11.8 Å². The van der Waals surface area contributed by atoms with Gasteiger partial charge in [0.05, 0.1) is 0 Å². The number of rotatable bonds is 5. The zero-order valence-electron chi connectivity index (χ0n) is 11.9. The third-order valence-corrected chi connectivity index (χ3v) is 3.73. The highest BCUT2D eigenvalue weighted by molar-refractivity contribution is 7.99. The summed E-state index contributed by atoms with van der Waals surface area (Å²) in [6.45, 7) is 4.91. The van der Waals surface area contributed by atoms with Gasteiger partial charge in [-0.3, -0.25) is 4.40 Å². The molecule has 0 radical (unpaired) electrons. The van der Waals surface area contributed by atoms with E-state index in [9.17, 15) is 0 Å². The van der Waals surface area contributed by atoms with Crippen molar-refractivity contribution in [3.8, 4) is 0 Å².